The predicted octanol–water partition coefficient (Wildman–Crippen LogP) is 7.85. The highest BCUT2D eigenvalue weighted by molar-refractivity contribution is 5.95. The molecule has 1 N–H and O–H groups in total. The predicted molar refractivity (Wildman–Crippen MR) is 156 cm³/mol. The third kappa shape index (κ3) is 6.55. The topological polar surface area (TPSA) is 47.6 Å². The fourth-order valence-electron chi connectivity index (χ4n) is 4.53. The number of ether oxygens (including phenoxy) is 2. The van der Waals surface area contributed by atoms with Gasteiger partial charge in [0.2, 0.25) is 0 Å². The molecule has 0 fully saturated rings. The molecule has 5 aromatic rings. The van der Waals surface area contributed by atoms with Crippen LogP contribution in [-0.2, 0) is 6.61 Å². The summed E-state index contributed by atoms with van der Waals surface area (Å²) in [6.07, 6.45) is 0. The van der Waals surface area contributed by atoms with Crippen LogP contribution in [0.3, 0.4) is 0 Å². The molecule has 39 heavy (non-hydrogen) atoms. The standard InChI is InChI=1S/C35H31NO3/c1-2-38-33-23-20-30(35(37)36-34(28-14-8-4-9-15-28)29-16-10-5-11-17-29)24-31(33)25-39-32-21-18-27(19-22-32)26-12-6-3-7-13-26/h3-24,34H,2,25H2,1H3,(H,36,37). The number of hydrogen-bond donors (Lipinski definition) is 1. The van der Waals surface area contributed by atoms with Crippen molar-refractivity contribution in [3.05, 3.63) is 156 Å². The molecule has 0 heterocycles. The molecule has 4 heteroatoms. The van der Waals surface area contributed by atoms with E-state index in [2.05, 4.69) is 17.4 Å². The fourth-order valence-corrected chi connectivity index (χ4v) is 4.53. The van der Waals surface area contributed by atoms with Crippen LogP contribution >= 0.6 is 0 Å². The number of carbonyl (C=O) groups excluding carboxylic acids is 1. The van der Waals surface area contributed by atoms with E-state index in [1.807, 2.05) is 122 Å². The lowest BCUT2D eigenvalue weighted by Crippen LogP contribution is -2.29. The zero-order valence-electron chi connectivity index (χ0n) is 21.9. The fraction of sp³-hybridized carbons (Fsp3) is 0.114. The lowest BCUT2D eigenvalue weighted by molar-refractivity contribution is 0.0942. The second kappa shape index (κ2) is 12.6. The minimum absolute atomic E-state index is 0.163. The number of hydrogen-bond acceptors (Lipinski definition) is 3. The van der Waals surface area contributed by atoms with Crippen molar-refractivity contribution >= 4 is 5.91 Å². The maximum atomic E-state index is 13.5. The van der Waals surface area contributed by atoms with Crippen molar-refractivity contribution < 1.29 is 14.3 Å². The molecule has 0 atom stereocenters. The zero-order valence-corrected chi connectivity index (χ0v) is 21.9. The molecule has 0 aliphatic carbocycles. The van der Waals surface area contributed by atoms with Gasteiger partial charge in [0.25, 0.3) is 5.91 Å². The van der Waals surface area contributed by atoms with E-state index in [0.717, 1.165) is 33.6 Å². The first-order valence-corrected chi connectivity index (χ1v) is 13.2. The second-order valence-corrected chi connectivity index (χ2v) is 9.16. The highest BCUT2D eigenvalue weighted by Gasteiger charge is 2.19. The van der Waals surface area contributed by atoms with Crippen LogP contribution < -0.4 is 14.8 Å². The van der Waals surface area contributed by atoms with Gasteiger partial charge in [-0.15, -0.1) is 0 Å². The van der Waals surface area contributed by atoms with E-state index >= 15 is 0 Å². The van der Waals surface area contributed by atoms with E-state index in [4.69, 9.17) is 9.47 Å². The first kappa shape index (κ1) is 25.8. The lowest BCUT2D eigenvalue weighted by atomic mass is 9.98. The SMILES string of the molecule is CCOc1ccc(C(=O)NC(c2ccccc2)c2ccccc2)cc1COc1ccc(-c2ccccc2)cc1. The molecule has 0 saturated carbocycles. The summed E-state index contributed by atoms with van der Waals surface area (Å²) < 4.78 is 12.0. The monoisotopic (exact) mass is 513 g/mol. The molecule has 194 valence electrons. The Morgan fingerprint density at radius 3 is 1.82 bits per heavy atom. The van der Waals surface area contributed by atoms with E-state index in [0.29, 0.717) is 17.9 Å². The Balaban J connectivity index is 1.34. The third-order valence-electron chi connectivity index (χ3n) is 6.52. The van der Waals surface area contributed by atoms with Crippen molar-refractivity contribution in [1.82, 2.24) is 5.32 Å². The molecule has 0 radical (unpaired) electrons. The van der Waals surface area contributed by atoms with Crippen LogP contribution in [0.1, 0.15) is 40.0 Å². The smallest absolute Gasteiger partial charge is 0.252 e. The molecular formula is C35H31NO3. The molecule has 0 spiro atoms. The Kier molecular flexibility index (Phi) is 8.35. The molecular weight excluding hydrogens is 482 g/mol. The number of nitrogens with one attached hydrogen (secondary N) is 1. The minimum atomic E-state index is -0.269. The Morgan fingerprint density at radius 2 is 1.23 bits per heavy atom. The number of rotatable bonds is 10. The van der Waals surface area contributed by atoms with E-state index in [1.165, 1.54) is 0 Å². The molecule has 0 unspecified atom stereocenters. The summed E-state index contributed by atoms with van der Waals surface area (Å²) in [6, 6.07) is 43.5. The van der Waals surface area contributed by atoms with Crippen LogP contribution in [0.2, 0.25) is 0 Å². The Hall–Kier alpha value is -4.83. The molecule has 0 bridgehead atoms. The van der Waals surface area contributed by atoms with E-state index in [9.17, 15) is 4.79 Å². The maximum absolute atomic E-state index is 13.5. The van der Waals surface area contributed by atoms with Gasteiger partial charge in [0.15, 0.2) is 0 Å². The van der Waals surface area contributed by atoms with Gasteiger partial charge < -0.3 is 14.8 Å². The number of benzene rings is 5. The molecule has 4 nitrogen and oxygen atoms in total. The minimum Gasteiger partial charge on any atom is -0.493 e. The van der Waals surface area contributed by atoms with Crippen LogP contribution in [0.25, 0.3) is 11.1 Å². The molecule has 5 aromatic carbocycles. The summed E-state index contributed by atoms with van der Waals surface area (Å²) in [5, 5.41) is 3.22. The summed E-state index contributed by atoms with van der Waals surface area (Å²) in [5.41, 5.74) is 5.69. The normalized spacial score (nSPS) is 10.7. The van der Waals surface area contributed by atoms with Crippen LogP contribution in [-0.4, -0.2) is 12.5 Å². The van der Waals surface area contributed by atoms with Gasteiger partial charge in [0.05, 0.1) is 12.6 Å². The molecule has 5 rings (SSSR count). The van der Waals surface area contributed by atoms with Crippen LogP contribution in [0.15, 0.2) is 133 Å². The Bertz CT molecular complexity index is 1440. The maximum Gasteiger partial charge on any atom is 0.252 e. The summed E-state index contributed by atoms with van der Waals surface area (Å²) in [4.78, 5) is 13.5. The van der Waals surface area contributed by atoms with Gasteiger partial charge >= 0.3 is 0 Å². The Morgan fingerprint density at radius 1 is 0.667 bits per heavy atom. The summed E-state index contributed by atoms with van der Waals surface area (Å²) in [5.74, 6) is 1.29. The average Bonchev–Trinajstić information content (AvgIpc) is 3.01. The van der Waals surface area contributed by atoms with Crippen molar-refractivity contribution in [3.8, 4) is 22.6 Å². The van der Waals surface area contributed by atoms with Gasteiger partial charge in [-0.2, -0.15) is 0 Å². The van der Waals surface area contributed by atoms with Gasteiger partial charge in [-0.1, -0.05) is 103 Å². The molecule has 0 aliphatic rings. The van der Waals surface area contributed by atoms with Crippen LogP contribution in [0.5, 0.6) is 11.5 Å². The van der Waals surface area contributed by atoms with Crippen molar-refractivity contribution in [2.45, 2.75) is 19.6 Å². The van der Waals surface area contributed by atoms with Gasteiger partial charge in [0, 0.05) is 11.1 Å². The molecule has 0 aromatic heterocycles. The van der Waals surface area contributed by atoms with Crippen molar-refractivity contribution in [3.63, 3.8) is 0 Å². The number of amides is 1. The highest BCUT2D eigenvalue weighted by Crippen LogP contribution is 2.27. The second-order valence-electron chi connectivity index (χ2n) is 9.16. The largest absolute Gasteiger partial charge is 0.493 e. The molecule has 0 aliphatic heterocycles. The lowest BCUT2D eigenvalue weighted by Gasteiger charge is -2.20. The first-order chi connectivity index (χ1) is 19.2. The number of carbonyl (C=O) groups is 1. The summed E-state index contributed by atoms with van der Waals surface area (Å²) in [6.45, 7) is 2.74. The van der Waals surface area contributed by atoms with Crippen LogP contribution in [0.4, 0.5) is 0 Å². The Labute approximate surface area is 229 Å². The van der Waals surface area contributed by atoms with Gasteiger partial charge in [0.1, 0.15) is 18.1 Å². The first-order valence-electron chi connectivity index (χ1n) is 13.2. The molecule has 0 saturated heterocycles. The zero-order chi connectivity index (χ0) is 26.9. The highest BCUT2D eigenvalue weighted by atomic mass is 16.5. The van der Waals surface area contributed by atoms with E-state index in [1.54, 1.807) is 6.07 Å². The quantitative estimate of drug-likeness (QED) is 0.207. The van der Waals surface area contributed by atoms with Crippen molar-refractivity contribution in [1.29, 1.82) is 0 Å². The van der Waals surface area contributed by atoms with E-state index in [-0.39, 0.29) is 18.6 Å². The van der Waals surface area contributed by atoms with E-state index < -0.39 is 0 Å². The van der Waals surface area contributed by atoms with Crippen molar-refractivity contribution in [2.75, 3.05) is 6.61 Å². The molecule has 1 amide bonds. The van der Waals surface area contributed by atoms with Crippen molar-refractivity contribution in [2.24, 2.45) is 0 Å². The van der Waals surface area contributed by atoms with Crippen LogP contribution in [0, 0.1) is 0 Å². The third-order valence-corrected chi connectivity index (χ3v) is 6.52. The summed E-state index contributed by atoms with van der Waals surface area (Å²) in [7, 11) is 0. The average molecular weight is 514 g/mol. The summed E-state index contributed by atoms with van der Waals surface area (Å²) >= 11 is 0. The van der Waals surface area contributed by atoms with Gasteiger partial charge in [-0.05, 0) is 59.5 Å². The van der Waals surface area contributed by atoms with Gasteiger partial charge in [-0.3, -0.25) is 4.79 Å². The van der Waals surface area contributed by atoms with Gasteiger partial charge in [-0.25, -0.2) is 0 Å².